The van der Waals surface area contributed by atoms with Gasteiger partial charge in [-0.05, 0) is 30.9 Å². The molecule has 0 spiro atoms. The summed E-state index contributed by atoms with van der Waals surface area (Å²) in [6.07, 6.45) is 19.8. The highest BCUT2D eigenvalue weighted by atomic mass is 14.8. The van der Waals surface area contributed by atoms with Crippen LogP contribution in [-0.2, 0) is 6.42 Å². The van der Waals surface area contributed by atoms with Gasteiger partial charge in [-0.15, -0.1) is 0 Å². The number of unbranched alkanes of at least 4 members (excludes halogenated alkanes) is 12. The molecule has 0 heterocycles. The number of benzene rings is 1. The van der Waals surface area contributed by atoms with Crippen molar-refractivity contribution in [2.75, 3.05) is 6.54 Å². The van der Waals surface area contributed by atoms with Gasteiger partial charge in [-0.25, -0.2) is 4.99 Å². The van der Waals surface area contributed by atoms with Gasteiger partial charge in [0.15, 0.2) is 0 Å². The fraction of sp³-hybridized carbons (Fsp3) is 0.720. The summed E-state index contributed by atoms with van der Waals surface area (Å²) in [5.74, 6) is 0. The highest BCUT2D eigenvalue weighted by Gasteiger charge is 2.00. The summed E-state index contributed by atoms with van der Waals surface area (Å²) >= 11 is 0. The first-order valence-corrected chi connectivity index (χ1v) is 11.6. The van der Waals surface area contributed by atoms with Crippen molar-refractivity contribution < 1.29 is 0 Å². The summed E-state index contributed by atoms with van der Waals surface area (Å²) in [6, 6.07) is 11.4. The first-order valence-electron chi connectivity index (χ1n) is 11.6. The summed E-state index contributed by atoms with van der Waals surface area (Å²) in [5.41, 5.74) is 2.39. The topological polar surface area (TPSA) is 24.7 Å². The van der Waals surface area contributed by atoms with Crippen LogP contribution in [0.4, 0.5) is 5.69 Å². The van der Waals surface area contributed by atoms with Crippen LogP contribution in [0.2, 0.25) is 0 Å². The maximum atomic E-state index is 4.49. The molecule has 0 aromatic heterocycles. The fourth-order valence-corrected chi connectivity index (χ4v) is 3.39. The van der Waals surface area contributed by atoms with Gasteiger partial charge in [0.05, 0.1) is 11.7 Å². The molecule has 0 saturated heterocycles. The fourth-order valence-electron chi connectivity index (χ4n) is 3.39. The molecule has 0 unspecified atom stereocenters. The molecule has 0 atom stereocenters. The van der Waals surface area contributed by atoms with Crippen LogP contribution in [0.15, 0.2) is 34.3 Å². The summed E-state index contributed by atoms with van der Waals surface area (Å²) in [5, 5.41) is 0. The van der Waals surface area contributed by atoms with Crippen LogP contribution in [0, 0.1) is 0 Å². The van der Waals surface area contributed by atoms with Crippen LogP contribution in [0.25, 0.3) is 0 Å². The SMILES string of the molecule is CCCCCCCCCCc1ccccc1N=C=NCCCCCCCC. The third-order valence-electron chi connectivity index (χ3n) is 5.16. The zero-order valence-corrected chi connectivity index (χ0v) is 18.0. The van der Waals surface area contributed by atoms with E-state index < -0.39 is 0 Å². The van der Waals surface area contributed by atoms with E-state index in [0.29, 0.717) is 0 Å². The minimum atomic E-state index is 0.857. The Morgan fingerprint density at radius 3 is 1.89 bits per heavy atom. The number of aryl methyl sites for hydroxylation is 1. The van der Waals surface area contributed by atoms with E-state index in [9.17, 15) is 0 Å². The predicted octanol–water partition coefficient (Wildman–Crippen LogP) is 8.54. The number of hydrogen-bond acceptors (Lipinski definition) is 2. The molecule has 1 aromatic carbocycles. The Labute approximate surface area is 168 Å². The molecule has 1 rings (SSSR count). The monoisotopic (exact) mass is 370 g/mol. The van der Waals surface area contributed by atoms with Gasteiger partial charge in [-0.3, -0.25) is 0 Å². The summed E-state index contributed by atoms with van der Waals surface area (Å²) in [6.45, 7) is 5.39. The van der Waals surface area contributed by atoms with E-state index in [2.05, 4.69) is 54.1 Å². The molecule has 0 amide bonds. The zero-order valence-electron chi connectivity index (χ0n) is 18.0. The van der Waals surface area contributed by atoms with Gasteiger partial charge >= 0.3 is 0 Å². The Balaban J connectivity index is 2.23. The van der Waals surface area contributed by atoms with Crippen molar-refractivity contribution >= 4 is 11.7 Å². The van der Waals surface area contributed by atoms with E-state index in [4.69, 9.17) is 0 Å². The van der Waals surface area contributed by atoms with E-state index in [0.717, 1.165) is 25.1 Å². The Kier molecular flexibility index (Phi) is 15.7. The molecule has 0 aliphatic heterocycles. The smallest absolute Gasteiger partial charge is 0.0949 e. The molecule has 0 aliphatic carbocycles. The van der Waals surface area contributed by atoms with Crippen molar-refractivity contribution in [1.29, 1.82) is 0 Å². The van der Waals surface area contributed by atoms with E-state index in [1.54, 1.807) is 0 Å². The van der Waals surface area contributed by atoms with E-state index in [1.807, 2.05) is 0 Å². The lowest BCUT2D eigenvalue weighted by atomic mass is 10.0. The van der Waals surface area contributed by atoms with Crippen molar-refractivity contribution in [3.63, 3.8) is 0 Å². The van der Waals surface area contributed by atoms with Gasteiger partial charge in [0.2, 0.25) is 0 Å². The molecular weight excluding hydrogens is 328 g/mol. The number of aliphatic imine (C=N–C) groups is 2. The average molecular weight is 371 g/mol. The highest BCUT2D eigenvalue weighted by molar-refractivity contribution is 5.56. The molecule has 152 valence electrons. The Hall–Kier alpha value is -1.40. The van der Waals surface area contributed by atoms with Gasteiger partial charge in [0, 0.05) is 6.54 Å². The Bertz CT molecular complexity index is 515. The standard InChI is InChI=1S/C25H42N2/c1-3-5-7-9-11-12-13-15-19-24-20-16-17-21-25(24)27-23-26-22-18-14-10-8-6-4-2/h16-17,20-21H,3-15,18-19,22H2,1-2H3. The quantitative estimate of drug-likeness (QED) is 0.194. The molecule has 0 radical (unpaired) electrons. The van der Waals surface area contributed by atoms with Crippen LogP contribution in [0.3, 0.4) is 0 Å². The van der Waals surface area contributed by atoms with Gasteiger partial charge in [0.25, 0.3) is 0 Å². The Morgan fingerprint density at radius 2 is 1.22 bits per heavy atom. The molecule has 0 bridgehead atoms. The van der Waals surface area contributed by atoms with Gasteiger partial charge in [-0.2, -0.15) is 4.99 Å². The maximum absolute atomic E-state index is 4.49. The molecule has 0 N–H and O–H groups in total. The third-order valence-corrected chi connectivity index (χ3v) is 5.16. The molecular formula is C25H42N2. The van der Waals surface area contributed by atoms with Crippen LogP contribution in [0.5, 0.6) is 0 Å². The lowest BCUT2D eigenvalue weighted by molar-refractivity contribution is 0.575. The normalized spacial score (nSPS) is 10.6. The van der Waals surface area contributed by atoms with E-state index in [1.165, 1.54) is 89.0 Å². The second-order valence-corrected chi connectivity index (χ2v) is 7.71. The number of para-hydroxylation sites is 1. The maximum Gasteiger partial charge on any atom is 0.0949 e. The lowest BCUT2D eigenvalue weighted by Gasteiger charge is -2.05. The van der Waals surface area contributed by atoms with Crippen LogP contribution in [0.1, 0.15) is 109 Å². The van der Waals surface area contributed by atoms with Crippen LogP contribution in [-0.4, -0.2) is 12.6 Å². The van der Waals surface area contributed by atoms with Crippen molar-refractivity contribution in [3.05, 3.63) is 29.8 Å². The van der Waals surface area contributed by atoms with Gasteiger partial charge in [0.1, 0.15) is 0 Å². The summed E-state index contributed by atoms with van der Waals surface area (Å²) in [4.78, 5) is 8.84. The molecule has 0 aliphatic rings. The number of nitrogens with zero attached hydrogens (tertiary/aromatic N) is 2. The third kappa shape index (κ3) is 13.4. The lowest BCUT2D eigenvalue weighted by Crippen LogP contribution is -1.87. The van der Waals surface area contributed by atoms with Crippen LogP contribution >= 0.6 is 0 Å². The molecule has 2 heteroatoms. The molecule has 1 aromatic rings. The van der Waals surface area contributed by atoms with Crippen LogP contribution < -0.4 is 0 Å². The first-order chi connectivity index (χ1) is 13.4. The van der Waals surface area contributed by atoms with Crippen molar-refractivity contribution in [2.24, 2.45) is 9.98 Å². The minimum Gasteiger partial charge on any atom is -0.225 e. The van der Waals surface area contributed by atoms with Crippen molar-refractivity contribution in [3.8, 4) is 0 Å². The predicted molar refractivity (Wildman–Crippen MR) is 121 cm³/mol. The second kappa shape index (κ2) is 18.0. The molecule has 0 saturated carbocycles. The van der Waals surface area contributed by atoms with E-state index in [-0.39, 0.29) is 0 Å². The zero-order chi connectivity index (χ0) is 19.4. The van der Waals surface area contributed by atoms with Gasteiger partial charge in [-0.1, -0.05) is 109 Å². The van der Waals surface area contributed by atoms with Gasteiger partial charge < -0.3 is 0 Å². The first kappa shape index (κ1) is 23.6. The van der Waals surface area contributed by atoms with Crippen molar-refractivity contribution in [2.45, 2.75) is 110 Å². The average Bonchev–Trinajstić information content (AvgIpc) is 2.69. The number of hydrogen-bond donors (Lipinski definition) is 0. The second-order valence-electron chi connectivity index (χ2n) is 7.71. The minimum absolute atomic E-state index is 0.857. The summed E-state index contributed by atoms with van der Waals surface area (Å²) in [7, 11) is 0. The number of rotatable bonds is 17. The molecule has 0 fully saturated rings. The largest absolute Gasteiger partial charge is 0.225 e. The Morgan fingerprint density at radius 1 is 0.667 bits per heavy atom. The highest BCUT2D eigenvalue weighted by Crippen LogP contribution is 2.21. The van der Waals surface area contributed by atoms with E-state index >= 15 is 0 Å². The van der Waals surface area contributed by atoms with Crippen molar-refractivity contribution in [1.82, 2.24) is 0 Å². The molecule has 2 nitrogen and oxygen atoms in total. The summed E-state index contributed by atoms with van der Waals surface area (Å²) < 4.78 is 0. The molecule has 27 heavy (non-hydrogen) atoms.